The number of esters is 1. The van der Waals surface area contributed by atoms with Gasteiger partial charge in [-0.1, -0.05) is 0 Å². The number of hydrogen-bond acceptors (Lipinski definition) is 6. The van der Waals surface area contributed by atoms with Crippen molar-refractivity contribution in [3.8, 4) is 0 Å². The van der Waals surface area contributed by atoms with E-state index in [2.05, 4.69) is 4.74 Å². The molecule has 0 aliphatic rings. The molecule has 0 rings (SSSR count). The molecule has 0 aromatic rings. The number of hydrogen-bond donors (Lipinski definition) is 1. The largest absolute Gasteiger partial charge is 0.468 e. The average molecular weight is 252 g/mol. The van der Waals surface area contributed by atoms with Crippen LogP contribution >= 0.6 is 11.8 Å². The number of aliphatic hydroxyl groups excluding tert-OH is 1. The highest BCUT2D eigenvalue weighted by molar-refractivity contribution is 7.99. The summed E-state index contributed by atoms with van der Waals surface area (Å²) in [5.41, 5.74) is 0. The zero-order valence-corrected chi connectivity index (χ0v) is 10.8. The summed E-state index contributed by atoms with van der Waals surface area (Å²) in [5.74, 6) is 0.418. The van der Waals surface area contributed by atoms with Gasteiger partial charge in [0.05, 0.1) is 38.3 Å². The lowest BCUT2D eigenvalue weighted by Gasteiger charge is -2.15. The Bertz CT molecular complexity index is 188. The van der Waals surface area contributed by atoms with E-state index >= 15 is 0 Å². The van der Waals surface area contributed by atoms with Crippen molar-refractivity contribution in [1.82, 2.24) is 0 Å². The molecule has 0 amide bonds. The summed E-state index contributed by atoms with van der Waals surface area (Å²) in [6.45, 7) is 2.62. The number of carbonyl (C=O) groups is 1. The van der Waals surface area contributed by atoms with Gasteiger partial charge in [0, 0.05) is 12.9 Å². The van der Waals surface area contributed by atoms with Crippen molar-refractivity contribution in [2.24, 2.45) is 0 Å². The Kier molecular flexibility index (Phi) is 9.71. The third-order valence-electron chi connectivity index (χ3n) is 1.73. The molecule has 1 N–H and O–H groups in total. The maximum absolute atomic E-state index is 10.8. The first-order valence-electron chi connectivity index (χ1n) is 5.03. The van der Waals surface area contributed by atoms with Crippen LogP contribution in [-0.2, 0) is 19.0 Å². The summed E-state index contributed by atoms with van der Waals surface area (Å²) in [6.07, 6.45) is -0.612. The van der Waals surface area contributed by atoms with E-state index in [1.165, 1.54) is 18.9 Å². The van der Waals surface area contributed by atoms with Gasteiger partial charge in [0.1, 0.15) is 0 Å². The molecule has 0 saturated heterocycles. The van der Waals surface area contributed by atoms with Crippen molar-refractivity contribution in [3.63, 3.8) is 0 Å². The standard InChI is InChI=1S/C10H20O5S/c1-8(4-13-2)15-5-9(11)6-16-7-10(12)14-3/h8-9,11H,4-7H2,1-3H3. The number of methoxy groups -OCH3 is 2. The first kappa shape index (κ1) is 15.7. The fourth-order valence-electron chi connectivity index (χ4n) is 0.943. The van der Waals surface area contributed by atoms with Crippen LogP contribution < -0.4 is 0 Å². The number of rotatable bonds is 9. The Hall–Kier alpha value is -0.300. The van der Waals surface area contributed by atoms with Crippen LogP contribution in [0.25, 0.3) is 0 Å². The molecule has 16 heavy (non-hydrogen) atoms. The van der Waals surface area contributed by atoms with E-state index in [1.807, 2.05) is 6.92 Å². The molecule has 0 aliphatic heterocycles. The van der Waals surface area contributed by atoms with Crippen LogP contribution in [0.4, 0.5) is 0 Å². The quantitative estimate of drug-likeness (QED) is 0.596. The number of thioether (sulfide) groups is 1. The van der Waals surface area contributed by atoms with E-state index in [9.17, 15) is 9.90 Å². The Morgan fingerprint density at radius 1 is 1.38 bits per heavy atom. The summed E-state index contributed by atoms with van der Waals surface area (Å²) in [5, 5.41) is 9.51. The summed E-state index contributed by atoms with van der Waals surface area (Å²) < 4.78 is 14.7. The number of aliphatic hydroxyl groups is 1. The number of ether oxygens (including phenoxy) is 3. The van der Waals surface area contributed by atoms with E-state index in [0.29, 0.717) is 12.4 Å². The second-order valence-corrected chi connectivity index (χ2v) is 4.37. The molecule has 0 spiro atoms. The second-order valence-electron chi connectivity index (χ2n) is 3.34. The van der Waals surface area contributed by atoms with Crippen molar-refractivity contribution < 1.29 is 24.1 Å². The topological polar surface area (TPSA) is 65.0 Å². The highest BCUT2D eigenvalue weighted by Gasteiger charge is 2.09. The third kappa shape index (κ3) is 8.96. The molecule has 2 unspecified atom stereocenters. The van der Waals surface area contributed by atoms with Gasteiger partial charge in [-0.25, -0.2) is 0 Å². The maximum Gasteiger partial charge on any atom is 0.315 e. The minimum atomic E-state index is -0.575. The predicted octanol–water partition coefficient (Wildman–Crippen LogP) is 0.305. The van der Waals surface area contributed by atoms with Gasteiger partial charge in [0.15, 0.2) is 0 Å². The fourth-order valence-corrected chi connectivity index (χ4v) is 1.71. The smallest absolute Gasteiger partial charge is 0.315 e. The van der Waals surface area contributed by atoms with E-state index < -0.39 is 6.10 Å². The van der Waals surface area contributed by atoms with Crippen molar-refractivity contribution >= 4 is 17.7 Å². The Labute approximate surface area is 100 Å². The molecule has 5 nitrogen and oxygen atoms in total. The molecule has 0 aliphatic carbocycles. The van der Waals surface area contributed by atoms with Crippen LogP contribution in [-0.4, -0.2) is 62.2 Å². The van der Waals surface area contributed by atoms with Crippen LogP contribution in [0.15, 0.2) is 0 Å². The molecule has 0 bridgehead atoms. The Morgan fingerprint density at radius 2 is 2.06 bits per heavy atom. The minimum Gasteiger partial charge on any atom is -0.468 e. The van der Waals surface area contributed by atoms with Gasteiger partial charge in [0.25, 0.3) is 0 Å². The monoisotopic (exact) mass is 252 g/mol. The van der Waals surface area contributed by atoms with Gasteiger partial charge in [-0.2, -0.15) is 0 Å². The molecule has 0 aromatic heterocycles. The van der Waals surface area contributed by atoms with Gasteiger partial charge < -0.3 is 19.3 Å². The highest BCUT2D eigenvalue weighted by atomic mass is 32.2. The molecule has 0 radical (unpaired) electrons. The van der Waals surface area contributed by atoms with Gasteiger partial charge in [-0.05, 0) is 6.92 Å². The van der Waals surface area contributed by atoms with Crippen LogP contribution in [0, 0.1) is 0 Å². The minimum absolute atomic E-state index is 0.0368. The lowest BCUT2D eigenvalue weighted by Crippen LogP contribution is -2.24. The van der Waals surface area contributed by atoms with Gasteiger partial charge in [-0.3, -0.25) is 4.79 Å². The van der Waals surface area contributed by atoms with Gasteiger partial charge in [-0.15, -0.1) is 11.8 Å². The molecule has 96 valence electrons. The SMILES string of the molecule is COCC(C)OCC(O)CSCC(=O)OC. The van der Waals surface area contributed by atoms with Crippen LogP contribution in [0.5, 0.6) is 0 Å². The zero-order valence-electron chi connectivity index (χ0n) is 9.97. The van der Waals surface area contributed by atoms with Crippen molar-refractivity contribution in [2.45, 2.75) is 19.1 Å². The fraction of sp³-hybridized carbons (Fsp3) is 0.900. The van der Waals surface area contributed by atoms with E-state index in [4.69, 9.17) is 9.47 Å². The van der Waals surface area contributed by atoms with Gasteiger partial charge in [0.2, 0.25) is 0 Å². The second kappa shape index (κ2) is 9.89. The van der Waals surface area contributed by atoms with Gasteiger partial charge >= 0.3 is 5.97 Å². The molecule has 0 heterocycles. The normalized spacial score (nSPS) is 14.5. The summed E-state index contributed by atoms with van der Waals surface area (Å²) in [4.78, 5) is 10.8. The first-order valence-corrected chi connectivity index (χ1v) is 6.18. The lowest BCUT2D eigenvalue weighted by atomic mass is 10.4. The predicted molar refractivity (Wildman–Crippen MR) is 62.6 cm³/mol. The molecule has 0 fully saturated rings. The zero-order chi connectivity index (χ0) is 12.4. The van der Waals surface area contributed by atoms with Crippen LogP contribution in [0.3, 0.4) is 0 Å². The van der Waals surface area contributed by atoms with Crippen molar-refractivity contribution in [2.75, 3.05) is 38.9 Å². The van der Waals surface area contributed by atoms with Crippen molar-refractivity contribution in [1.29, 1.82) is 0 Å². The van der Waals surface area contributed by atoms with Crippen LogP contribution in [0.2, 0.25) is 0 Å². The number of carbonyl (C=O) groups excluding carboxylic acids is 1. The average Bonchev–Trinajstić information content (AvgIpc) is 2.26. The molecular weight excluding hydrogens is 232 g/mol. The summed E-state index contributed by atoms with van der Waals surface area (Å²) in [6, 6.07) is 0. The molecular formula is C10H20O5S. The highest BCUT2D eigenvalue weighted by Crippen LogP contribution is 2.05. The molecule has 6 heteroatoms. The van der Waals surface area contributed by atoms with Crippen LogP contribution in [0.1, 0.15) is 6.92 Å². The van der Waals surface area contributed by atoms with E-state index in [-0.39, 0.29) is 24.4 Å². The first-order chi connectivity index (χ1) is 7.60. The molecule has 0 saturated carbocycles. The Balaban J connectivity index is 3.44. The molecule has 0 aromatic carbocycles. The summed E-state index contributed by atoms with van der Waals surface area (Å²) >= 11 is 1.32. The summed E-state index contributed by atoms with van der Waals surface area (Å²) in [7, 11) is 2.94. The van der Waals surface area contributed by atoms with Crippen molar-refractivity contribution in [3.05, 3.63) is 0 Å². The maximum atomic E-state index is 10.8. The van der Waals surface area contributed by atoms with E-state index in [1.54, 1.807) is 7.11 Å². The molecule has 2 atom stereocenters. The van der Waals surface area contributed by atoms with E-state index in [0.717, 1.165) is 0 Å². The third-order valence-corrected chi connectivity index (χ3v) is 2.79. The lowest BCUT2D eigenvalue weighted by molar-refractivity contribution is -0.137. The Morgan fingerprint density at radius 3 is 2.62 bits per heavy atom.